The standard InChI is InChI=1S/C10H10Br3N/c11-5-9(12)7-14-6-8-3-1-2-4-10(8)13/h1-4,6,9H,5,7H2. The van der Waals surface area contributed by atoms with Crippen LogP contribution in [0.4, 0.5) is 0 Å². The summed E-state index contributed by atoms with van der Waals surface area (Å²) in [6, 6.07) is 8.04. The number of alkyl halides is 2. The number of nitrogens with zero attached hydrogens (tertiary/aromatic N) is 1. The van der Waals surface area contributed by atoms with Gasteiger partial charge in [-0.25, -0.2) is 0 Å². The second kappa shape index (κ2) is 6.75. The van der Waals surface area contributed by atoms with Gasteiger partial charge in [0, 0.05) is 26.4 Å². The zero-order chi connectivity index (χ0) is 10.4. The largest absolute Gasteiger partial charge is 0.291 e. The number of halogens is 3. The van der Waals surface area contributed by atoms with E-state index >= 15 is 0 Å². The van der Waals surface area contributed by atoms with Crippen molar-refractivity contribution in [3.8, 4) is 0 Å². The molecule has 0 aliphatic heterocycles. The summed E-state index contributed by atoms with van der Waals surface area (Å²) < 4.78 is 1.08. The maximum absolute atomic E-state index is 4.34. The molecule has 1 aromatic rings. The summed E-state index contributed by atoms with van der Waals surface area (Å²) >= 11 is 10.4. The molecule has 0 aromatic heterocycles. The minimum Gasteiger partial charge on any atom is -0.291 e. The van der Waals surface area contributed by atoms with Crippen molar-refractivity contribution in [3.63, 3.8) is 0 Å². The molecule has 76 valence electrons. The summed E-state index contributed by atoms with van der Waals surface area (Å²) in [5.74, 6) is 0. The Morgan fingerprint density at radius 1 is 1.36 bits per heavy atom. The molecule has 0 saturated carbocycles. The second-order valence-electron chi connectivity index (χ2n) is 2.77. The number of rotatable bonds is 4. The molecule has 0 bridgehead atoms. The van der Waals surface area contributed by atoms with Gasteiger partial charge >= 0.3 is 0 Å². The van der Waals surface area contributed by atoms with Gasteiger partial charge in [0.15, 0.2) is 0 Å². The monoisotopic (exact) mass is 381 g/mol. The number of aliphatic imine (C=N–C) groups is 1. The van der Waals surface area contributed by atoms with Gasteiger partial charge in [-0.1, -0.05) is 66.0 Å². The van der Waals surface area contributed by atoms with Gasteiger partial charge in [0.2, 0.25) is 0 Å². The lowest BCUT2D eigenvalue weighted by atomic mass is 10.2. The Kier molecular flexibility index (Phi) is 5.98. The molecular weight excluding hydrogens is 374 g/mol. The van der Waals surface area contributed by atoms with Gasteiger partial charge in [-0.3, -0.25) is 4.99 Å². The third-order valence-electron chi connectivity index (χ3n) is 1.61. The van der Waals surface area contributed by atoms with Crippen molar-refractivity contribution >= 4 is 54.0 Å². The van der Waals surface area contributed by atoms with E-state index in [1.165, 1.54) is 0 Å². The first-order chi connectivity index (χ1) is 6.74. The van der Waals surface area contributed by atoms with Gasteiger partial charge in [0.25, 0.3) is 0 Å². The quantitative estimate of drug-likeness (QED) is 0.550. The van der Waals surface area contributed by atoms with Gasteiger partial charge in [-0.15, -0.1) is 0 Å². The maximum atomic E-state index is 4.34. The van der Waals surface area contributed by atoms with Crippen LogP contribution in [-0.4, -0.2) is 22.9 Å². The molecule has 1 nitrogen and oxygen atoms in total. The Morgan fingerprint density at radius 3 is 2.71 bits per heavy atom. The van der Waals surface area contributed by atoms with Crippen molar-refractivity contribution in [2.45, 2.75) is 4.83 Å². The van der Waals surface area contributed by atoms with Crippen LogP contribution in [0.1, 0.15) is 5.56 Å². The Bertz CT molecular complexity index is 312. The van der Waals surface area contributed by atoms with E-state index in [1.54, 1.807) is 0 Å². The fraction of sp³-hybridized carbons (Fsp3) is 0.300. The van der Waals surface area contributed by atoms with Crippen molar-refractivity contribution in [1.29, 1.82) is 0 Å². The van der Waals surface area contributed by atoms with Crippen LogP contribution in [0.3, 0.4) is 0 Å². The first kappa shape index (κ1) is 12.4. The zero-order valence-electron chi connectivity index (χ0n) is 7.46. The maximum Gasteiger partial charge on any atom is 0.0523 e. The van der Waals surface area contributed by atoms with Crippen LogP contribution in [-0.2, 0) is 0 Å². The van der Waals surface area contributed by atoms with E-state index in [-0.39, 0.29) is 0 Å². The average Bonchev–Trinajstić information content (AvgIpc) is 2.20. The SMILES string of the molecule is BrCC(Br)CN=Cc1ccccc1Br. The van der Waals surface area contributed by atoms with Gasteiger partial charge < -0.3 is 0 Å². The lowest BCUT2D eigenvalue weighted by molar-refractivity contribution is 0.989. The molecule has 0 N–H and O–H groups in total. The number of hydrogen-bond donors (Lipinski definition) is 0. The summed E-state index contributed by atoms with van der Waals surface area (Å²) in [6.07, 6.45) is 1.89. The molecule has 14 heavy (non-hydrogen) atoms. The molecule has 0 radical (unpaired) electrons. The molecule has 0 fully saturated rings. The number of hydrogen-bond acceptors (Lipinski definition) is 1. The highest BCUT2D eigenvalue weighted by molar-refractivity contribution is 9.12. The van der Waals surface area contributed by atoms with E-state index in [0.29, 0.717) is 4.83 Å². The minimum atomic E-state index is 0.404. The van der Waals surface area contributed by atoms with Crippen LogP contribution in [0.5, 0.6) is 0 Å². The van der Waals surface area contributed by atoms with Crippen molar-refractivity contribution < 1.29 is 0 Å². The van der Waals surface area contributed by atoms with Crippen molar-refractivity contribution in [3.05, 3.63) is 34.3 Å². The molecule has 1 atom stereocenters. The summed E-state index contributed by atoms with van der Waals surface area (Å²) in [4.78, 5) is 4.75. The molecular formula is C10H10Br3N. The zero-order valence-corrected chi connectivity index (χ0v) is 12.2. The average molecular weight is 384 g/mol. The van der Waals surface area contributed by atoms with Gasteiger partial charge in [-0.2, -0.15) is 0 Å². The summed E-state index contributed by atoms with van der Waals surface area (Å²) in [5.41, 5.74) is 1.11. The smallest absolute Gasteiger partial charge is 0.0523 e. The third kappa shape index (κ3) is 4.24. The van der Waals surface area contributed by atoms with Crippen LogP contribution in [0.25, 0.3) is 0 Å². The van der Waals surface area contributed by atoms with Crippen molar-refractivity contribution in [2.75, 3.05) is 11.9 Å². The Morgan fingerprint density at radius 2 is 2.07 bits per heavy atom. The first-order valence-electron chi connectivity index (χ1n) is 4.18. The molecule has 1 unspecified atom stereocenters. The normalized spacial score (nSPS) is 13.4. The van der Waals surface area contributed by atoms with E-state index in [9.17, 15) is 0 Å². The Labute approximate surface area is 109 Å². The predicted molar refractivity (Wildman–Crippen MR) is 73.1 cm³/mol. The summed E-state index contributed by atoms with van der Waals surface area (Å²) in [5, 5.41) is 0.917. The summed E-state index contributed by atoms with van der Waals surface area (Å²) in [6.45, 7) is 0.784. The molecule has 0 amide bonds. The lowest BCUT2D eigenvalue weighted by Gasteiger charge is -2.00. The van der Waals surface area contributed by atoms with Crippen molar-refractivity contribution in [2.24, 2.45) is 4.99 Å². The van der Waals surface area contributed by atoms with E-state index < -0.39 is 0 Å². The Hall–Kier alpha value is 0.330. The predicted octanol–water partition coefficient (Wildman–Crippen LogP) is 4.03. The molecule has 1 rings (SSSR count). The third-order valence-corrected chi connectivity index (χ3v) is 4.59. The molecule has 0 saturated heterocycles. The molecule has 0 aliphatic carbocycles. The molecule has 0 heterocycles. The fourth-order valence-corrected chi connectivity index (χ4v) is 1.65. The van der Waals surface area contributed by atoms with Crippen LogP contribution < -0.4 is 0 Å². The van der Waals surface area contributed by atoms with E-state index in [2.05, 4.69) is 52.8 Å². The van der Waals surface area contributed by atoms with Crippen molar-refractivity contribution in [1.82, 2.24) is 0 Å². The molecule has 0 aliphatic rings. The van der Waals surface area contributed by atoms with Crippen LogP contribution in [0.2, 0.25) is 0 Å². The second-order valence-corrected chi connectivity index (χ2v) is 5.56. The number of benzene rings is 1. The van der Waals surface area contributed by atoms with E-state index in [0.717, 1.165) is 21.9 Å². The van der Waals surface area contributed by atoms with E-state index in [1.807, 2.05) is 30.5 Å². The minimum absolute atomic E-state index is 0.404. The molecule has 4 heteroatoms. The van der Waals surface area contributed by atoms with E-state index in [4.69, 9.17) is 0 Å². The molecule has 0 spiro atoms. The van der Waals surface area contributed by atoms with Crippen LogP contribution in [0, 0.1) is 0 Å². The first-order valence-corrected chi connectivity index (χ1v) is 7.01. The highest BCUT2D eigenvalue weighted by atomic mass is 79.9. The van der Waals surface area contributed by atoms with Crippen LogP contribution in [0.15, 0.2) is 33.7 Å². The highest BCUT2D eigenvalue weighted by Crippen LogP contribution is 2.13. The Balaban J connectivity index is 2.56. The topological polar surface area (TPSA) is 12.4 Å². The highest BCUT2D eigenvalue weighted by Gasteiger charge is 1.98. The van der Waals surface area contributed by atoms with Gasteiger partial charge in [-0.05, 0) is 6.07 Å². The lowest BCUT2D eigenvalue weighted by Crippen LogP contribution is -2.03. The summed E-state index contributed by atoms with van der Waals surface area (Å²) in [7, 11) is 0. The van der Waals surface area contributed by atoms with Gasteiger partial charge in [0.1, 0.15) is 0 Å². The van der Waals surface area contributed by atoms with Gasteiger partial charge in [0.05, 0.1) is 6.54 Å². The van der Waals surface area contributed by atoms with Crippen LogP contribution >= 0.6 is 47.8 Å². The molecule has 1 aromatic carbocycles. The fourth-order valence-electron chi connectivity index (χ4n) is 0.894.